The Kier molecular flexibility index (Phi) is 2.93. The predicted molar refractivity (Wildman–Crippen MR) is 63.1 cm³/mol. The summed E-state index contributed by atoms with van der Waals surface area (Å²) in [7, 11) is 0. The lowest BCUT2D eigenvalue weighted by Gasteiger charge is -2.24. The molecule has 4 N–H and O–H groups in total. The number of rotatable bonds is 2. The van der Waals surface area contributed by atoms with Crippen LogP contribution in [0.1, 0.15) is 23.7 Å². The number of amides is 1. The molecule has 0 saturated carbocycles. The lowest BCUT2D eigenvalue weighted by Crippen LogP contribution is -2.47. The topological polar surface area (TPSA) is 81.6 Å². The molecule has 1 aromatic rings. The SMILES string of the molecule is CC1(NC(=O)c2cccc(O)c2O)CCNC1. The maximum Gasteiger partial charge on any atom is 0.255 e. The van der Waals surface area contributed by atoms with Crippen molar-refractivity contribution in [2.24, 2.45) is 0 Å². The Morgan fingerprint density at radius 1 is 1.47 bits per heavy atom. The van der Waals surface area contributed by atoms with Gasteiger partial charge in [0.05, 0.1) is 11.1 Å². The van der Waals surface area contributed by atoms with Crippen molar-refractivity contribution in [3.63, 3.8) is 0 Å². The molecule has 0 aromatic heterocycles. The highest BCUT2D eigenvalue weighted by Crippen LogP contribution is 2.28. The van der Waals surface area contributed by atoms with Crippen molar-refractivity contribution >= 4 is 5.91 Å². The quantitative estimate of drug-likeness (QED) is 0.566. The second-order valence-corrected chi connectivity index (χ2v) is 4.61. The van der Waals surface area contributed by atoms with Gasteiger partial charge in [0, 0.05) is 6.54 Å². The summed E-state index contributed by atoms with van der Waals surface area (Å²) in [6, 6.07) is 4.35. The van der Waals surface area contributed by atoms with E-state index in [1.54, 1.807) is 0 Å². The fraction of sp³-hybridized carbons (Fsp3) is 0.417. The van der Waals surface area contributed by atoms with Gasteiger partial charge in [-0.15, -0.1) is 0 Å². The van der Waals surface area contributed by atoms with Crippen LogP contribution < -0.4 is 10.6 Å². The Labute approximate surface area is 99.5 Å². The molecule has 1 aromatic carbocycles. The molecule has 0 radical (unpaired) electrons. The number of carbonyl (C=O) groups excluding carboxylic acids is 1. The molecule has 1 aliphatic heterocycles. The van der Waals surface area contributed by atoms with Gasteiger partial charge in [-0.3, -0.25) is 4.79 Å². The van der Waals surface area contributed by atoms with Gasteiger partial charge in [0.25, 0.3) is 5.91 Å². The van der Waals surface area contributed by atoms with Crippen molar-refractivity contribution < 1.29 is 15.0 Å². The Morgan fingerprint density at radius 2 is 2.24 bits per heavy atom. The Morgan fingerprint density at radius 3 is 2.88 bits per heavy atom. The average molecular weight is 236 g/mol. The van der Waals surface area contributed by atoms with Gasteiger partial charge in [0.1, 0.15) is 0 Å². The second kappa shape index (κ2) is 4.25. The number of para-hydroxylation sites is 1. The van der Waals surface area contributed by atoms with Crippen molar-refractivity contribution in [2.75, 3.05) is 13.1 Å². The molecule has 0 bridgehead atoms. The molecule has 5 heteroatoms. The fourth-order valence-corrected chi connectivity index (χ4v) is 1.98. The Balaban J connectivity index is 2.17. The summed E-state index contributed by atoms with van der Waals surface area (Å²) >= 11 is 0. The number of phenolic OH excluding ortho intramolecular Hbond substituents is 2. The van der Waals surface area contributed by atoms with E-state index in [-0.39, 0.29) is 28.5 Å². The van der Waals surface area contributed by atoms with Gasteiger partial charge in [-0.25, -0.2) is 0 Å². The molecule has 1 heterocycles. The van der Waals surface area contributed by atoms with Gasteiger partial charge < -0.3 is 20.8 Å². The van der Waals surface area contributed by atoms with E-state index < -0.39 is 0 Å². The normalized spacial score (nSPS) is 23.6. The van der Waals surface area contributed by atoms with Crippen LogP contribution in [0.2, 0.25) is 0 Å². The van der Waals surface area contributed by atoms with Crippen molar-refractivity contribution in [1.82, 2.24) is 10.6 Å². The van der Waals surface area contributed by atoms with E-state index in [4.69, 9.17) is 0 Å². The van der Waals surface area contributed by atoms with Crippen LogP contribution in [0, 0.1) is 0 Å². The number of phenols is 2. The molecule has 1 unspecified atom stereocenters. The van der Waals surface area contributed by atoms with Crippen LogP contribution in [0.3, 0.4) is 0 Å². The van der Waals surface area contributed by atoms with Crippen molar-refractivity contribution in [3.8, 4) is 11.5 Å². The molecular weight excluding hydrogens is 220 g/mol. The minimum atomic E-state index is -0.375. The van der Waals surface area contributed by atoms with Gasteiger partial charge in [0.15, 0.2) is 11.5 Å². The van der Waals surface area contributed by atoms with E-state index in [0.29, 0.717) is 6.54 Å². The summed E-state index contributed by atoms with van der Waals surface area (Å²) in [6.45, 7) is 3.52. The largest absolute Gasteiger partial charge is 0.504 e. The van der Waals surface area contributed by atoms with Gasteiger partial charge in [-0.1, -0.05) is 6.07 Å². The molecule has 1 fully saturated rings. The van der Waals surface area contributed by atoms with E-state index in [1.807, 2.05) is 6.92 Å². The van der Waals surface area contributed by atoms with E-state index >= 15 is 0 Å². The highest BCUT2D eigenvalue weighted by atomic mass is 16.3. The first-order valence-electron chi connectivity index (χ1n) is 5.56. The lowest BCUT2D eigenvalue weighted by molar-refractivity contribution is 0.0909. The molecule has 17 heavy (non-hydrogen) atoms. The average Bonchev–Trinajstić information content (AvgIpc) is 2.68. The first-order chi connectivity index (χ1) is 8.02. The number of benzene rings is 1. The molecule has 1 amide bonds. The predicted octanol–water partition coefficient (Wildman–Crippen LogP) is 0.580. The lowest BCUT2D eigenvalue weighted by atomic mass is 10.0. The Hall–Kier alpha value is -1.75. The molecule has 1 atom stereocenters. The van der Waals surface area contributed by atoms with Crippen LogP contribution in [0.4, 0.5) is 0 Å². The van der Waals surface area contributed by atoms with E-state index in [0.717, 1.165) is 13.0 Å². The third-order valence-corrected chi connectivity index (χ3v) is 3.04. The Bertz CT molecular complexity index is 439. The molecule has 2 rings (SSSR count). The zero-order valence-corrected chi connectivity index (χ0v) is 9.66. The van der Waals surface area contributed by atoms with E-state index in [9.17, 15) is 15.0 Å². The summed E-state index contributed by atoms with van der Waals surface area (Å²) in [5, 5.41) is 25.0. The van der Waals surface area contributed by atoms with Gasteiger partial charge in [0.2, 0.25) is 0 Å². The maximum absolute atomic E-state index is 12.0. The minimum Gasteiger partial charge on any atom is -0.504 e. The molecule has 92 valence electrons. The number of aromatic hydroxyl groups is 2. The number of carbonyl (C=O) groups is 1. The monoisotopic (exact) mass is 236 g/mol. The van der Waals surface area contributed by atoms with E-state index in [2.05, 4.69) is 10.6 Å². The zero-order valence-electron chi connectivity index (χ0n) is 9.66. The van der Waals surface area contributed by atoms with Gasteiger partial charge in [-0.05, 0) is 32.0 Å². The van der Waals surface area contributed by atoms with Crippen LogP contribution in [0.5, 0.6) is 11.5 Å². The molecule has 5 nitrogen and oxygen atoms in total. The molecular formula is C12H16N2O3. The third-order valence-electron chi connectivity index (χ3n) is 3.04. The summed E-state index contributed by atoms with van der Waals surface area (Å²) in [4.78, 5) is 12.0. The van der Waals surface area contributed by atoms with Crippen LogP contribution >= 0.6 is 0 Å². The third kappa shape index (κ3) is 2.34. The summed E-state index contributed by atoms with van der Waals surface area (Å²) in [6.07, 6.45) is 0.846. The summed E-state index contributed by atoms with van der Waals surface area (Å²) < 4.78 is 0. The fourth-order valence-electron chi connectivity index (χ4n) is 1.98. The molecule has 0 aliphatic carbocycles. The van der Waals surface area contributed by atoms with Crippen molar-refractivity contribution in [3.05, 3.63) is 23.8 Å². The highest BCUT2D eigenvalue weighted by Gasteiger charge is 2.31. The van der Waals surface area contributed by atoms with Gasteiger partial charge >= 0.3 is 0 Å². The number of hydrogen-bond acceptors (Lipinski definition) is 4. The van der Waals surface area contributed by atoms with Crippen LogP contribution in [0.25, 0.3) is 0 Å². The smallest absolute Gasteiger partial charge is 0.255 e. The van der Waals surface area contributed by atoms with Crippen LogP contribution in [-0.4, -0.2) is 34.7 Å². The van der Waals surface area contributed by atoms with Crippen molar-refractivity contribution in [2.45, 2.75) is 18.9 Å². The van der Waals surface area contributed by atoms with E-state index in [1.165, 1.54) is 18.2 Å². The summed E-state index contributed by atoms with van der Waals surface area (Å²) in [5.74, 6) is -1.03. The maximum atomic E-state index is 12.0. The molecule has 1 aliphatic rings. The van der Waals surface area contributed by atoms with Crippen LogP contribution in [-0.2, 0) is 0 Å². The standard InChI is InChI=1S/C12H16N2O3/c1-12(5-6-13-7-12)14-11(17)8-3-2-4-9(15)10(8)16/h2-4,13,15-16H,5-7H2,1H3,(H,14,17). The number of hydrogen-bond donors (Lipinski definition) is 4. The minimum absolute atomic E-state index is 0.0955. The first-order valence-corrected chi connectivity index (χ1v) is 5.56. The van der Waals surface area contributed by atoms with Gasteiger partial charge in [-0.2, -0.15) is 0 Å². The summed E-state index contributed by atoms with van der Waals surface area (Å²) in [5.41, 5.74) is -0.201. The van der Waals surface area contributed by atoms with Crippen LogP contribution in [0.15, 0.2) is 18.2 Å². The second-order valence-electron chi connectivity index (χ2n) is 4.61. The number of nitrogens with one attached hydrogen (secondary N) is 2. The zero-order chi connectivity index (χ0) is 12.5. The first kappa shape index (κ1) is 11.7. The molecule has 0 spiro atoms. The highest BCUT2D eigenvalue weighted by molar-refractivity contribution is 5.98. The van der Waals surface area contributed by atoms with Crippen molar-refractivity contribution in [1.29, 1.82) is 0 Å². The molecule has 1 saturated heterocycles.